The zero-order valence-electron chi connectivity index (χ0n) is 21.3. The van der Waals surface area contributed by atoms with Gasteiger partial charge in [0.1, 0.15) is 6.29 Å². The summed E-state index contributed by atoms with van der Waals surface area (Å²) >= 11 is 3.40. The number of carbonyl (C=O) groups is 2. The Labute approximate surface area is 219 Å². The Morgan fingerprint density at radius 2 is 1.91 bits per heavy atom. The Balaban J connectivity index is 0.000000205. The second-order valence-corrected chi connectivity index (χ2v) is 10.5. The molecule has 1 amide bonds. The number of likely N-dealkylation sites (tertiary alicyclic amines) is 1. The summed E-state index contributed by atoms with van der Waals surface area (Å²) in [5.74, 6) is -0.00776. The SMILES string of the molecule is CCCCC1CCCCN1CCCNC.O=Cc1ccc2c(c1)C(=O)N(Cc1ccc(Br)cc1)C2. The van der Waals surface area contributed by atoms with Gasteiger partial charge in [-0.15, -0.1) is 0 Å². The van der Waals surface area contributed by atoms with Crippen LogP contribution >= 0.6 is 15.9 Å². The molecule has 2 aliphatic heterocycles. The summed E-state index contributed by atoms with van der Waals surface area (Å²) in [5, 5.41) is 3.24. The number of rotatable bonds is 10. The zero-order valence-corrected chi connectivity index (χ0v) is 22.9. The summed E-state index contributed by atoms with van der Waals surface area (Å²) in [6.07, 6.45) is 10.6. The predicted molar refractivity (Wildman–Crippen MR) is 147 cm³/mol. The molecular weight excluding hydrogens is 502 g/mol. The molecule has 2 aromatic carbocycles. The van der Waals surface area contributed by atoms with Gasteiger partial charge in [0.2, 0.25) is 0 Å². The molecule has 190 valence electrons. The van der Waals surface area contributed by atoms with Crippen molar-refractivity contribution >= 4 is 28.1 Å². The molecule has 5 nitrogen and oxygen atoms in total. The van der Waals surface area contributed by atoms with Crippen molar-refractivity contribution in [2.45, 2.75) is 71.0 Å². The van der Waals surface area contributed by atoms with Crippen molar-refractivity contribution in [1.82, 2.24) is 15.1 Å². The summed E-state index contributed by atoms with van der Waals surface area (Å²) in [4.78, 5) is 27.7. The van der Waals surface area contributed by atoms with Crippen LogP contribution in [-0.2, 0) is 13.1 Å². The third-order valence-corrected chi connectivity index (χ3v) is 7.48. The van der Waals surface area contributed by atoms with Gasteiger partial charge in [0, 0.05) is 34.7 Å². The number of benzene rings is 2. The van der Waals surface area contributed by atoms with Crippen LogP contribution < -0.4 is 5.32 Å². The van der Waals surface area contributed by atoms with E-state index in [1.165, 1.54) is 58.0 Å². The maximum atomic E-state index is 12.3. The number of halogens is 1. The molecule has 1 fully saturated rings. The quantitative estimate of drug-likeness (QED) is 0.293. The molecule has 35 heavy (non-hydrogen) atoms. The van der Waals surface area contributed by atoms with Crippen LogP contribution in [0.25, 0.3) is 0 Å². The van der Waals surface area contributed by atoms with E-state index in [0.29, 0.717) is 24.2 Å². The van der Waals surface area contributed by atoms with E-state index in [9.17, 15) is 9.59 Å². The van der Waals surface area contributed by atoms with Crippen molar-refractivity contribution in [1.29, 1.82) is 0 Å². The van der Waals surface area contributed by atoms with Crippen molar-refractivity contribution < 1.29 is 9.59 Å². The molecule has 1 saturated heterocycles. The van der Waals surface area contributed by atoms with E-state index in [2.05, 4.69) is 33.1 Å². The highest BCUT2D eigenvalue weighted by Crippen LogP contribution is 2.25. The first-order chi connectivity index (χ1) is 17.0. The maximum absolute atomic E-state index is 12.3. The topological polar surface area (TPSA) is 52.7 Å². The number of piperidine rings is 1. The minimum atomic E-state index is -0.00776. The number of aldehydes is 1. The highest BCUT2D eigenvalue weighted by molar-refractivity contribution is 9.10. The predicted octanol–water partition coefficient (Wildman–Crippen LogP) is 6.06. The molecule has 6 heteroatoms. The molecule has 2 aromatic rings. The van der Waals surface area contributed by atoms with E-state index < -0.39 is 0 Å². The van der Waals surface area contributed by atoms with Crippen LogP contribution in [0.3, 0.4) is 0 Å². The van der Waals surface area contributed by atoms with Gasteiger partial charge in [-0.2, -0.15) is 0 Å². The first kappa shape index (κ1) is 27.6. The van der Waals surface area contributed by atoms with Gasteiger partial charge >= 0.3 is 0 Å². The Morgan fingerprint density at radius 1 is 1.11 bits per heavy atom. The zero-order chi connectivity index (χ0) is 25.0. The molecule has 0 spiro atoms. The summed E-state index contributed by atoms with van der Waals surface area (Å²) < 4.78 is 1.02. The van der Waals surface area contributed by atoms with Gasteiger partial charge in [0.15, 0.2) is 0 Å². The van der Waals surface area contributed by atoms with E-state index in [1.807, 2.05) is 37.4 Å². The Bertz CT molecular complexity index is 947. The maximum Gasteiger partial charge on any atom is 0.254 e. The first-order valence-corrected chi connectivity index (χ1v) is 13.9. The van der Waals surface area contributed by atoms with Gasteiger partial charge in [-0.25, -0.2) is 0 Å². The van der Waals surface area contributed by atoms with Crippen LogP contribution in [0.5, 0.6) is 0 Å². The summed E-state index contributed by atoms with van der Waals surface area (Å²) in [5.41, 5.74) is 3.26. The fourth-order valence-electron chi connectivity index (χ4n) is 4.97. The minimum absolute atomic E-state index is 0.00776. The smallest absolute Gasteiger partial charge is 0.254 e. The lowest BCUT2D eigenvalue weighted by Gasteiger charge is -2.35. The molecule has 0 saturated carbocycles. The third-order valence-electron chi connectivity index (χ3n) is 6.95. The van der Waals surface area contributed by atoms with E-state index in [0.717, 1.165) is 34.5 Å². The molecule has 4 rings (SSSR count). The van der Waals surface area contributed by atoms with Crippen molar-refractivity contribution in [3.63, 3.8) is 0 Å². The standard InChI is InChI=1S/C16H12BrNO2.C13H28N2/c17-14-5-2-11(3-6-14)8-18-9-13-4-1-12(10-19)7-15(13)16(18)20;1-3-4-8-13-9-5-6-11-15(13)12-7-10-14-2/h1-7,10H,8-9H2;13-14H,3-12H2,1-2H3. The largest absolute Gasteiger partial charge is 0.330 e. The van der Waals surface area contributed by atoms with Crippen molar-refractivity contribution in [3.8, 4) is 0 Å². The Morgan fingerprint density at radius 3 is 2.63 bits per heavy atom. The second-order valence-electron chi connectivity index (χ2n) is 9.61. The summed E-state index contributed by atoms with van der Waals surface area (Å²) in [6, 6.07) is 14.1. The van der Waals surface area contributed by atoms with Gasteiger partial charge in [-0.05, 0) is 81.7 Å². The highest BCUT2D eigenvalue weighted by atomic mass is 79.9. The number of nitrogens with zero attached hydrogens (tertiary/aromatic N) is 2. The molecule has 2 heterocycles. The molecule has 0 aromatic heterocycles. The monoisotopic (exact) mass is 541 g/mol. The fraction of sp³-hybridized carbons (Fsp3) is 0.517. The van der Waals surface area contributed by atoms with E-state index >= 15 is 0 Å². The molecule has 1 N–H and O–H groups in total. The van der Waals surface area contributed by atoms with Gasteiger partial charge in [-0.3, -0.25) is 9.59 Å². The number of unbranched alkanes of at least 4 members (excludes halogenated alkanes) is 1. The van der Waals surface area contributed by atoms with E-state index in [1.54, 1.807) is 17.0 Å². The molecule has 0 bridgehead atoms. The number of fused-ring (bicyclic) bond motifs is 1. The molecule has 2 aliphatic rings. The second kappa shape index (κ2) is 14.5. The molecule has 0 radical (unpaired) electrons. The number of hydrogen-bond donors (Lipinski definition) is 1. The molecule has 1 unspecified atom stereocenters. The molecular formula is C29H40BrN3O2. The van der Waals surface area contributed by atoms with Gasteiger partial charge in [0.05, 0.1) is 0 Å². The minimum Gasteiger partial charge on any atom is -0.330 e. The fourth-order valence-corrected chi connectivity index (χ4v) is 5.23. The summed E-state index contributed by atoms with van der Waals surface area (Å²) in [7, 11) is 2.05. The third kappa shape index (κ3) is 8.26. The van der Waals surface area contributed by atoms with Crippen LogP contribution in [0.4, 0.5) is 0 Å². The van der Waals surface area contributed by atoms with Gasteiger partial charge < -0.3 is 15.1 Å². The lowest BCUT2D eigenvalue weighted by Crippen LogP contribution is -2.40. The van der Waals surface area contributed by atoms with Crippen molar-refractivity contribution in [2.75, 3.05) is 26.7 Å². The number of nitrogens with one attached hydrogen (secondary N) is 1. The molecule has 0 aliphatic carbocycles. The highest BCUT2D eigenvalue weighted by Gasteiger charge is 2.27. The van der Waals surface area contributed by atoms with Gasteiger partial charge in [0.25, 0.3) is 5.91 Å². The average molecular weight is 543 g/mol. The number of carbonyl (C=O) groups excluding carboxylic acids is 2. The lowest BCUT2D eigenvalue weighted by atomic mass is 9.97. The Hall–Kier alpha value is -2.02. The van der Waals surface area contributed by atoms with Crippen molar-refractivity contribution in [2.24, 2.45) is 0 Å². The van der Waals surface area contributed by atoms with Crippen LogP contribution in [0, 0.1) is 0 Å². The van der Waals surface area contributed by atoms with Crippen LogP contribution in [-0.4, -0.2) is 54.7 Å². The van der Waals surface area contributed by atoms with E-state index in [-0.39, 0.29) is 5.91 Å². The first-order valence-electron chi connectivity index (χ1n) is 13.1. The van der Waals surface area contributed by atoms with Crippen molar-refractivity contribution in [3.05, 3.63) is 69.2 Å². The van der Waals surface area contributed by atoms with Gasteiger partial charge in [-0.1, -0.05) is 66.4 Å². The van der Waals surface area contributed by atoms with Crippen LogP contribution in [0.2, 0.25) is 0 Å². The average Bonchev–Trinajstić information content (AvgIpc) is 3.19. The number of amides is 1. The number of hydrogen-bond acceptors (Lipinski definition) is 4. The Kier molecular flexibility index (Phi) is 11.4. The van der Waals surface area contributed by atoms with Crippen LogP contribution in [0.1, 0.15) is 83.7 Å². The summed E-state index contributed by atoms with van der Waals surface area (Å²) in [6.45, 7) is 7.29. The lowest BCUT2D eigenvalue weighted by molar-refractivity contribution is 0.0766. The normalized spacial score (nSPS) is 17.6. The van der Waals surface area contributed by atoms with E-state index in [4.69, 9.17) is 0 Å². The van der Waals surface area contributed by atoms with Crippen LogP contribution in [0.15, 0.2) is 46.9 Å². The molecule has 1 atom stereocenters.